The zero-order valence-corrected chi connectivity index (χ0v) is 18.0. The summed E-state index contributed by atoms with van der Waals surface area (Å²) in [7, 11) is 0. The number of hydrogen-bond acceptors (Lipinski definition) is 3. The van der Waals surface area contributed by atoms with Gasteiger partial charge in [0.1, 0.15) is 25.6 Å². The van der Waals surface area contributed by atoms with Crippen LogP contribution in [0.15, 0.2) is 42.5 Å². The highest BCUT2D eigenvalue weighted by atomic mass is 35.5. The van der Waals surface area contributed by atoms with Crippen LogP contribution in [0.5, 0.6) is 0 Å². The van der Waals surface area contributed by atoms with Gasteiger partial charge in [0, 0.05) is 17.3 Å². The van der Waals surface area contributed by atoms with Crippen molar-refractivity contribution in [1.82, 2.24) is 9.80 Å². The van der Waals surface area contributed by atoms with Crippen LogP contribution < -0.4 is 4.90 Å². The second-order valence-electron chi connectivity index (χ2n) is 7.19. The van der Waals surface area contributed by atoms with Crippen molar-refractivity contribution >= 4 is 46.6 Å². The van der Waals surface area contributed by atoms with Gasteiger partial charge in [0.25, 0.3) is 5.91 Å². The molecule has 0 aromatic heterocycles. The zero-order chi connectivity index (χ0) is 22.0. The van der Waals surface area contributed by atoms with E-state index in [0.717, 1.165) is 0 Å². The minimum atomic E-state index is -0.410. The molecule has 158 valence electrons. The van der Waals surface area contributed by atoms with Crippen molar-refractivity contribution < 1.29 is 18.8 Å². The lowest BCUT2D eigenvalue weighted by Crippen LogP contribution is -2.45. The van der Waals surface area contributed by atoms with Gasteiger partial charge >= 0.3 is 0 Å². The molecule has 1 aliphatic rings. The van der Waals surface area contributed by atoms with Gasteiger partial charge in [-0.2, -0.15) is 0 Å². The Balaban J connectivity index is 1.72. The van der Waals surface area contributed by atoms with Crippen LogP contribution in [0.2, 0.25) is 10.0 Å². The molecule has 6 nitrogen and oxygen atoms in total. The summed E-state index contributed by atoms with van der Waals surface area (Å²) in [5, 5.41) is 0.578. The predicted molar refractivity (Wildman–Crippen MR) is 113 cm³/mol. The maximum absolute atomic E-state index is 13.1. The lowest BCUT2D eigenvalue weighted by atomic mass is 10.1. The largest absolute Gasteiger partial charge is 0.327 e. The van der Waals surface area contributed by atoms with Crippen LogP contribution in [-0.4, -0.2) is 53.3 Å². The van der Waals surface area contributed by atoms with E-state index in [1.165, 1.54) is 51.1 Å². The Bertz CT molecular complexity index is 982. The summed E-state index contributed by atoms with van der Waals surface area (Å²) >= 11 is 11.9. The molecule has 1 fully saturated rings. The van der Waals surface area contributed by atoms with Crippen molar-refractivity contribution in [3.63, 3.8) is 0 Å². The molecule has 1 saturated heterocycles. The molecule has 3 amide bonds. The van der Waals surface area contributed by atoms with Gasteiger partial charge in [0.05, 0.1) is 10.0 Å². The fourth-order valence-electron chi connectivity index (χ4n) is 3.09. The third kappa shape index (κ3) is 4.74. The first-order valence-electron chi connectivity index (χ1n) is 9.27. The highest BCUT2D eigenvalue weighted by Crippen LogP contribution is 2.24. The third-order valence-corrected chi connectivity index (χ3v) is 5.53. The molecular weight excluding hydrogens is 432 g/mol. The number of hydrogen-bond donors (Lipinski definition) is 0. The van der Waals surface area contributed by atoms with Gasteiger partial charge in [-0.15, -0.1) is 0 Å². The van der Waals surface area contributed by atoms with E-state index in [2.05, 4.69) is 0 Å². The summed E-state index contributed by atoms with van der Waals surface area (Å²) in [4.78, 5) is 42.3. The summed E-state index contributed by atoms with van der Waals surface area (Å²) in [6.45, 7) is 3.33. The normalized spacial score (nSPS) is 13.9. The maximum atomic E-state index is 13.1. The van der Waals surface area contributed by atoms with Gasteiger partial charge < -0.3 is 9.80 Å². The van der Waals surface area contributed by atoms with E-state index in [0.29, 0.717) is 16.3 Å². The Morgan fingerprint density at radius 1 is 1.10 bits per heavy atom. The summed E-state index contributed by atoms with van der Waals surface area (Å²) in [5.74, 6) is -1.42. The Labute approximate surface area is 183 Å². The van der Waals surface area contributed by atoms with Crippen molar-refractivity contribution in [2.24, 2.45) is 0 Å². The highest BCUT2D eigenvalue weighted by Gasteiger charge is 2.33. The smallest absolute Gasteiger partial charge is 0.254 e. The minimum Gasteiger partial charge on any atom is -0.327 e. The van der Waals surface area contributed by atoms with E-state index >= 15 is 0 Å². The molecule has 30 heavy (non-hydrogen) atoms. The number of carbonyl (C=O) groups excluding carboxylic acids is 3. The molecule has 0 aliphatic carbocycles. The van der Waals surface area contributed by atoms with E-state index in [9.17, 15) is 18.8 Å². The fraction of sp³-hybridized carbons (Fsp3) is 0.286. The summed E-state index contributed by atoms with van der Waals surface area (Å²) in [6, 6.07) is 9.74. The number of rotatable bonds is 5. The number of benzene rings is 2. The minimum absolute atomic E-state index is 0.0379. The molecule has 0 atom stereocenters. The van der Waals surface area contributed by atoms with Crippen molar-refractivity contribution in [2.75, 3.05) is 24.7 Å². The van der Waals surface area contributed by atoms with Crippen LogP contribution in [-0.2, 0) is 9.59 Å². The molecule has 1 heterocycles. The molecule has 2 aromatic rings. The first kappa shape index (κ1) is 22.1. The third-order valence-electron chi connectivity index (χ3n) is 4.79. The Morgan fingerprint density at radius 2 is 1.77 bits per heavy atom. The monoisotopic (exact) mass is 451 g/mol. The SMILES string of the molecule is CC(C)N(CC(=O)N1CC(=O)N(c2ccc(F)cc2)C1)C(=O)c1ccc(Cl)c(Cl)c1. The molecule has 0 bridgehead atoms. The Kier molecular flexibility index (Phi) is 6.63. The molecular formula is C21H20Cl2FN3O3. The van der Waals surface area contributed by atoms with E-state index in [-0.39, 0.29) is 48.5 Å². The highest BCUT2D eigenvalue weighted by molar-refractivity contribution is 6.42. The molecule has 0 saturated carbocycles. The molecule has 1 aliphatic heterocycles. The fourth-order valence-corrected chi connectivity index (χ4v) is 3.39. The lowest BCUT2D eigenvalue weighted by Gasteiger charge is -2.28. The van der Waals surface area contributed by atoms with Crippen molar-refractivity contribution in [1.29, 1.82) is 0 Å². The second kappa shape index (κ2) is 9.02. The molecule has 0 spiro atoms. The lowest BCUT2D eigenvalue weighted by molar-refractivity contribution is -0.132. The van der Waals surface area contributed by atoms with Gasteiger partial charge in [0.15, 0.2) is 0 Å². The van der Waals surface area contributed by atoms with Crippen molar-refractivity contribution in [3.8, 4) is 0 Å². The van der Waals surface area contributed by atoms with Crippen LogP contribution in [0.1, 0.15) is 24.2 Å². The first-order chi connectivity index (χ1) is 14.2. The van der Waals surface area contributed by atoms with E-state index in [1.807, 2.05) is 0 Å². The molecule has 9 heteroatoms. The molecule has 0 radical (unpaired) electrons. The first-order valence-corrected chi connectivity index (χ1v) is 10.0. The van der Waals surface area contributed by atoms with E-state index < -0.39 is 5.82 Å². The van der Waals surface area contributed by atoms with Crippen LogP contribution in [0, 0.1) is 5.82 Å². The standard InChI is InChI=1S/C21H20Cl2FN3O3/c1-13(2)26(21(30)14-3-8-17(22)18(23)9-14)11-19(28)25-10-20(29)27(12-25)16-6-4-15(24)5-7-16/h3-9,13H,10-12H2,1-2H3. The molecule has 3 rings (SSSR count). The average Bonchev–Trinajstić information content (AvgIpc) is 3.09. The Hall–Kier alpha value is -2.64. The van der Waals surface area contributed by atoms with Crippen LogP contribution in [0.3, 0.4) is 0 Å². The van der Waals surface area contributed by atoms with Crippen LogP contribution in [0.4, 0.5) is 10.1 Å². The molecule has 0 N–H and O–H groups in total. The number of amides is 3. The van der Waals surface area contributed by atoms with Gasteiger partial charge in [0.2, 0.25) is 11.8 Å². The van der Waals surface area contributed by atoms with Gasteiger partial charge in [-0.05, 0) is 56.3 Å². The molecule has 0 unspecified atom stereocenters. The van der Waals surface area contributed by atoms with Crippen LogP contribution >= 0.6 is 23.2 Å². The van der Waals surface area contributed by atoms with Crippen molar-refractivity contribution in [2.45, 2.75) is 19.9 Å². The van der Waals surface area contributed by atoms with Crippen LogP contribution in [0.25, 0.3) is 0 Å². The molecule has 2 aromatic carbocycles. The number of anilines is 1. The van der Waals surface area contributed by atoms with Gasteiger partial charge in [-0.1, -0.05) is 23.2 Å². The number of nitrogens with zero attached hydrogens (tertiary/aromatic N) is 3. The summed E-state index contributed by atoms with van der Waals surface area (Å²) in [6.07, 6.45) is 0. The Morgan fingerprint density at radius 3 is 2.37 bits per heavy atom. The quantitative estimate of drug-likeness (QED) is 0.693. The van der Waals surface area contributed by atoms with Gasteiger partial charge in [-0.25, -0.2) is 4.39 Å². The number of halogens is 3. The van der Waals surface area contributed by atoms with Gasteiger partial charge in [-0.3, -0.25) is 19.3 Å². The zero-order valence-electron chi connectivity index (χ0n) is 16.4. The summed E-state index contributed by atoms with van der Waals surface area (Å²) in [5.41, 5.74) is 0.820. The topological polar surface area (TPSA) is 60.9 Å². The van der Waals surface area contributed by atoms with Crippen molar-refractivity contribution in [3.05, 3.63) is 63.9 Å². The van der Waals surface area contributed by atoms with E-state index in [4.69, 9.17) is 23.2 Å². The van der Waals surface area contributed by atoms with E-state index in [1.54, 1.807) is 19.9 Å². The average molecular weight is 452 g/mol. The predicted octanol–water partition coefficient (Wildman–Crippen LogP) is 3.82. The second-order valence-corrected chi connectivity index (χ2v) is 8.00. The maximum Gasteiger partial charge on any atom is 0.254 e. The number of carbonyl (C=O) groups is 3. The summed E-state index contributed by atoms with van der Waals surface area (Å²) < 4.78 is 13.1.